The Kier molecular flexibility index (Phi) is 12.3. The SMILES string of the molecule is CCCCCCCCN1/C(=C/C2C(=O)/C(=C\C3=[N+](CCCCCCCC)c4ccc(C(=O)O)cc4C3(C)C)C2O)C(C)(C)c2cc(C(=O)O)ccc21. The van der Waals surface area contributed by atoms with Crippen LogP contribution in [-0.2, 0) is 15.6 Å². The number of hydrogen-bond donors (Lipinski definition) is 3. The largest absolute Gasteiger partial charge is 0.478 e. The quantitative estimate of drug-likeness (QED) is 0.0801. The number of allylic oxidation sites excluding steroid dienone is 2. The standard InChI is InChI=1S/C44H58N2O6/c1-7-9-11-13-15-17-23-45-35-21-19-29(41(49)50)25-33(35)43(3,4)37(45)27-31-39(47)32(40(31)48)28-38-44(5,6)34-26-30(42(51)52)20-22-36(34)46(38)24-18-16-14-12-10-8-2/h19-22,25-28,31,39,47H,7-18,23-24H2,1-6H3,(H-,49,50,51,52)/p+1/b32-28-,37-27+. The van der Waals surface area contributed by atoms with Crippen LogP contribution >= 0.6 is 0 Å². The molecule has 2 heterocycles. The zero-order valence-electron chi connectivity index (χ0n) is 32.1. The molecular weight excluding hydrogens is 652 g/mol. The number of carboxylic acid groups (broad SMARTS) is 2. The second kappa shape index (κ2) is 16.3. The summed E-state index contributed by atoms with van der Waals surface area (Å²) in [5.74, 6) is -2.80. The lowest BCUT2D eigenvalue weighted by Crippen LogP contribution is -2.46. The first-order valence-corrected chi connectivity index (χ1v) is 19.6. The number of nitrogens with zero attached hydrogens (tertiary/aromatic N) is 2. The van der Waals surface area contributed by atoms with Crippen molar-refractivity contribution in [3.8, 4) is 0 Å². The Bertz CT molecular complexity index is 1780. The molecule has 0 amide bonds. The number of rotatable bonds is 18. The van der Waals surface area contributed by atoms with Crippen molar-refractivity contribution in [3.05, 3.63) is 82.1 Å². The van der Waals surface area contributed by atoms with Crippen LogP contribution in [0.3, 0.4) is 0 Å². The Balaban J connectivity index is 1.46. The van der Waals surface area contributed by atoms with E-state index in [1.807, 2.05) is 24.3 Å². The molecule has 2 unspecified atom stereocenters. The van der Waals surface area contributed by atoms with Gasteiger partial charge in [0, 0.05) is 53.0 Å². The Morgan fingerprint density at radius 1 is 0.769 bits per heavy atom. The van der Waals surface area contributed by atoms with E-state index in [-0.39, 0.29) is 16.9 Å². The van der Waals surface area contributed by atoms with Gasteiger partial charge in [0.2, 0.25) is 5.69 Å². The van der Waals surface area contributed by atoms with Crippen molar-refractivity contribution in [2.24, 2.45) is 5.92 Å². The van der Waals surface area contributed by atoms with Gasteiger partial charge in [-0.25, -0.2) is 9.59 Å². The number of aromatic carboxylic acids is 2. The molecule has 2 aliphatic heterocycles. The maximum absolute atomic E-state index is 14.1. The highest BCUT2D eigenvalue weighted by atomic mass is 16.4. The molecule has 8 nitrogen and oxygen atoms in total. The Morgan fingerprint density at radius 3 is 1.92 bits per heavy atom. The number of carbonyl (C=O) groups is 3. The van der Waals surface area contributed by atoms with Crippen molar-refractivity contribution in [2.75, 3.05) is 18.0 Å². The highest BCUT2D eigenvalue weighted by Crippen LogP contribution is 2.50. The second-order valence-corrected chi connectivity index (χ2v) is 16.0. The molecule has 1 fully saturated rings. The normalized spacial score (nSPS) is 21.5. The summed E-state index contributed by atoms with van der Waals surface area (Å²) in [6.45, 7) is 14.1. The number of hydrogen-bond acceptors (Lipinski definition) is 5. The first kappa shape index (κ1) is 39.2. The molecule has 2 aromatic rings. The fourth-order valence-corrected chi connectivity index (χ4v) is 8.38. The van der Waals surface area contributed by atoms with Gasteiger partial charge in [0.25, 0.3) is 0 Å². The molecule has 0 spiro atoms. The summed E-state index contributed by atoms with van der Waals surface area (Å²) in [7, 11) is 0. The predicted molar refractivity (Wildman–Crippen MR) is 207 cm³/mol. The average Bonchev–Trinajstić information content (AvgIpc) is 3.45. The van der Waals surface area contributed by atoms with Crippen LogP contribution in [0.4, 0.5) is 11.4 Å². The third kappa shape index (κ3) is 7.68. The minimum absolute atomic E-state index is 0.123. The number of benzene rings is 2. The minimum Gasteiger partial charge on any atom is -0.478 e. The zero-order valence-corrected chi connectivity index (χ0v) is 32.1. The van der Waals surface area contributed by atoms with Crippen LogP contribution in [0.25, 0.3) is 0 Å². The van der Waals surface area contributed by atoms with E-state index in [4.69, 9.17) is 0 Å². The number of unbranched alkanes of at least 4 members (excludes halogenated alkanes) is 10. The third-order valence-electron chi connectivity index (χ3n) is 11.6. The summed E-state index contributed by atoms with van der Waals surface area (Å²) in [6, 6.07) is 10.6. The van der Waals surface area contributed by atoms with Crippen LogP contribution in [-0.4, -0.2) is 62.5 Å². The first-order valence-electron chi connectivity index (χ1n) is 19.6. The van der Waals surface area contributed by atoms with Gasteiger partial charge >= 0.3 is 11.9 Å². The number of ketones is 1. The highest BCUT2D eigenvalue weighted by Gasteiger charge is 2.50. The van der Waals surface area contributed by atoms with Gasteiger partial charge in [-0.1, -0.05) is 91.6 Å². The molecule has 1 saturated carbocycles. The van der Waals surface area contributed by atoms with Crippen molar-refractivity contribution in [3.63, 3.8) is 0 Å². The molecule has 0 aromatic heterocycles. The topological polar surface area (TPSA) is 118 Å². The highest BCUT2D eigenvalue weighted by molar-refractivity contribution is 6.14. The molecule has 0 bridgehead atoms. The van der Waals surface area contributed by atoms with Gasteiger partial charge in [0.15, 0.2) is 11.5 Å². The Labute approximate surface area is 310 Å². The van der Waals surface area contributed by atoms with E-state index < -0.39 is 34.8 Å². The minimum atomic E-state index is -0.998. The molecule has 8 heteroatoms. The molecule has 2 aromatic carbocycles. The van der Waals surface area contributed by atoms with Crippen molar-refractivity contribution in [1.82, 2.24) is 0 Å². The van der Waals surface area contributed by atoms with E-state index in [2.05, 4.69) is 51.0 Å². The van der Waals surface area contributed by atoms with E-state index in [1.165, 1.54) is 38.5 Å². The van der Waals surface area contributed by atoms with Crippen molar-refractivity contribution < 1.29 is 34.3 Å². The smallest absolute Gasteiger partial charge is 0.335 e. The van der Waals surface area contributed by atoms with Crippen LogP contribution in [0.2, 0.25) is 0 Å². The number of carboxylic acids is 2. The van der Waals surface area contributed by atoms with Gasteiger partial charge in [-0.15, -0.1) is 0 Å². The van der Waals surface area contributed by atoms with E-state index >= 15 is 0 Å². The Morgan fingerprint density at radius 2 is 1.33 bits per heavy atom. The van der Waals surface area contributed by atoms with Gasteiger partial charge < -0.3 is 20.2 Å². The first-order chi connectivity index (χ1) is 24.7. The number of Topliss-reactive ketones (excluding diaryl/α,β-unsaturated/α-hetero) is 1. The van der Waals surface area contributed by atoms with Crippen molar-refractivity contribution in [2.45, 2.75) is 136 Å². The summed E-state index contributed by atoms with van der Waals surface area (Å²) >= 11 is 0. The summed E-state index contributed by atoms with van der Waals surface area (Å²) < 4.78 is 2.22. The van der Waals surface area contributed by atoms with Gasteiger partial charge in [-0.05, 0) is 62.6 Å². The molecular formula is C44H59N2O6+. The molecule has 52 heavy (non-hydrogen) atoms. The molecule has 0 radical (unpaired) electrons. The maximum atomic E-state index is 14.1. The van der Waals surface area contributed by atoms with Crippen LogP contribution in [0.5, 0.6) is 0 Å². The Hall–Kier alpha value is -4.04. The zero-order chi connectivity index (χ0) is 37.8. The molecule has 3 N–H and O–H groups in total. The predicted octanol–water partition coefficient (Wildman–Crippen LogP) is 9.35. The summed E-state index contributed by atoms with van der Waals surface area (Å²) in [5.41, 5.74) is 5.22. The molecule has 0 saturated heterocycles. The average molecular weight is 712 g/mol. The maximum Gasteiger partial charge on any atom is 0.335 e. The van der Waals surface area contributed by atoms with E-state index in [9.17, 15) is 29.7 Å². The van der Waals surface area contributed by atoms with Crippen LogP contribution < -0.4 is 4.90 Å². The number of carbonyl (C=O) groups excluding carboxylic acids is 1. The van der Waals surface area contributed by atoms with E-state index in [0.717, 1.165) is 85.5 Å². The van der Waals surface area contributed by atoms with Crippen LogP contribution in [0.1, 0.15) is 150 Å². The van der Waals surface area contributed by atoms with Crippen molar-refractivity contribution >= 4 is 34.8 Å². The van der Waals surface area contributed by atoms with Gasteiger partial charge in [-0.3, -0.25) is 4.79 Å². The van der Waals surface area contributed by atoms with Gasteiger partial charge in [-0.2, -0.15) is 4.58 Å². The molecule has 3 aliphatic rings. The molecule has 2 atom stereocenters. The van der Waals surface area contributed by atoms with Gasteiger partial charge in [0.05, 0.1) is 28.6 Å². The lowest BCUT2D eigenvalue weighted by molar-refractivity contribution is -0.438. The lowest BCUT2D eigenvalue weighted by atomic mass is 9.71. The van der Waals surface area contributed by atoms with Crippen LogP contribution in [0.15, 0.2) is 59.8 Å². The van der Waals surface area contributed by atoms with E-state index in [0.29, 0.717) is 5.57 Å². The number of fused-ring (bicyclic) bond motifs is 2. The molecule has 1 aliphatic carbocycles. The summed E-state index contributed by atoms with van der Waals surface area (Å²) in [6.07, 6.45) is 16.5. The summed E-state index contributed by atoms with van der Waals surface area (Å²) in [4.78, 5) is 40.1. The van der Waals surface area contributed by atoms with Crippen molar-refractivity contribution in [1.29, 1.82) is 0 Å². The van der Waals surface area contributed by atoms with Crippen LogP contribution in [0, 0.1) is 5.92 Å². The molecule has 280 valence electrons. The molecule has 5 rings (SSSR count). The number of anilines is 1. The number of aliphatic hydroxyl groups is 1. The third-order valence-corrected chi connectivity index (χ3v) is 11.6. The fourth-order valence-electron chi connectivity index (χ4n) is 8.38. The summed E-state index contributed by atoms with van der Waals surface area (Å²) in [5, 5.41) is 31.2. The number of aliphatic hydroxyl groups excluding tert-OH is 1. The second-order valence-electron chi connectivity index (χ2n) is 16.0. The van der Waals surface area contributed by atoms with Gasteiger partial charge in [0.1, 0.15) is 6.54 Å². The lowest BCUT2D eigenvalue weighted by Gasteiger charge is -2.35. The fraction of sp³-hybridized carbons (Fsp3) is 0.545. The van der Waals surface area contributed by atoms with E-state index in [1.54, 1.807) is 24.3 Å². The monoisotopic (exact) mass is 711 g/mol.